The number of aromatic amines is 1. The summed E-state index contributed by atoms with van der Waals surface area (Å²) < 4.78 is 0. The summed E-state index contributed by atoms with van der Waals surface area (Å²) in [5, 5.41) is 5.35. The standard InChI is InChI=1S/C14H17N5O/c1-15-14(20)18-11-3-2-10-4-5-19(13(10)6-11)8-12-7-16-9-17-12/h2-3,6-7,9H,4-5,8H2,1H3,(H,16,17)(H2,15,18,20). The molecule has 20 heavy (non-hydrogen) atoms. The van der Waals surface area contributed by atoms with Crippen LogP contribution in [-0.2, 0) is 13.0 Å². The van der Waals surface area contributed by atoms with Gasteiger partial charge < -0.3 is 20.5 Å². The van der Waals surface area contributed by atoms with E-state index in [2.05, 4.69) is 31.6 Å². The summed E-state index contributed by atoms with van der Waals surface area (Å²) in [4.78, 5) is 20.9. The van der Waals surface area contributed by atoms with Gasteiger partial charge in [0.15, 0.2) is 0 Å². The molecule has 1 aromatic heterocycles. The SMILES string of the molecule is CNC(=O)Nc1ccc2c(c1)N(Cc1c[nH]cn1)CC2. The first-order valence-corrected chi connectivity index (χ1v) is 6.60. The van der Waals surface area contributed by atoms with Gasteiger partial charge in [-0.25, -0.2) is 9.78 Å². The van der Waals surface area contributed by atoms with Crippen LogP contribution in [0.2, 0.25) is 0 Å². The number of rotatable bonds is 3. The molecule has 2 aromatic rings. The summed E-state index contributed by atoms with van der Waals surface area (Å²) in [5.74, 6) is 0. The fraction of sp³-hybridized carbons (Fsp3) is 0.286. The molecular formula is C14H17N5O. The van der Waals surface area contributed by atoms with E-state index >= 15 is 0 Å². The normalized spacial score (nSPS) is 13.2. The maximum Gasteiger partial charge on any atom is 0.318 e. The van der Waals surface area contributed by atoms with Gasteiger partial charge in [-0.1, -0.05) is 6.07 Å². The van der Waals surface area contributed by atoms with Crippen molar-refractivity contribution in [1.29, 1.82) is 0 Å². The Morgan fingerprint density at radius 2 is 2.40 bits per heavy atom. The largest absolute Gasteiger partial charge is 0.365 e. The molecule has 0 unspecified atom stereocenters. The Labute approximate surface area is 117 Å². The minimum Gasteiger partial charge on any atom is -0.365 e. The maximum absolute atomic E-state index is 11.4. The van der Waals surface area contributed by atoms with Gasteiger partial charge in [-0.3, -0.25) is 0 Å². The van der Waals surface area contributed by atoms with E-state index in [4.69, 9.17) is 0 Å². The van der Waals surface area contributed by atoms with Crippen molar-refractivity contribution in [3.05, 3.63) is 42.0 Å². The predicted octanol–water partition coefficient (Wildman–Crippen LogP) is 1.72. The molecule has 0 fully saturated rings. The van der Waals surface area contributed by atoms with Crippen molar-refractivity contribution in [2.45, 2.75) is 13.0 Å². The molecule has 3 rings (SSSR count). The van der Waals surface area contributed by atoms with Gasteiger partial charge in [0.2, 0.25) is 0 Å². The number of H-pyrrole nitrogens is 1. The van der Waals surface area contributed by atoms with Crippen molar-refractivity contribution in [3.63, 3.8) is 0 Å². The van der Waals surface area contributed by atoms with E-state index in [1.54, 1.807) is 13.4 Å². The number of amides is 2. The molecule has 0 saturated carbocycles. The number of anilines is 2. The van der Waals surface area contributed by atoms with E-state index in [0.717, 1.165) is 30.9 Å². The number of aromatic nitrogens is 2. The average molecular weight is 271 g/mol. The number of hydrogen-bond donors (Lipinski definition) is 3. The van der Waals surface area contributed by atoms with Crippen LogP contribution in [-0.4, -0.2) is 29.6 Å². The number of carbonyl (C=O) groups is 1. The van der Waals surface area contributed by atoms with Gasteiger partial charge in [-0.05, 0) is 24.1 Å². The van der Waals surface area contributed by atoms with Crippen LogP contribution in [0.15, 0.2) is 30.7 Å². The van der Waals surface area contributed by atoms with Gasteiger partial charge in [0.25, 0.3) is 0 Å². The van der Waals surface area contributed by atoms with E-state index in [1.807, 2.05) is 18.3 Å². The number of carbonyl (C=O) groups excluding carboxylic acids is 1. The summed E-state index contributed by atoms with van der Waals surface area (Å²) in [7, 11) is 1.60. The molecule has 1 aliphatic heterocycles. The summed E-state index contributed by atoms with van der Waals surface area (Å²) in [6, 6.07) is 5.82. The summed E-state index contributed by atoms with van der Waals surface area (Å²) >= 11 is 0. The smallest absolute Gasteiger partial charge is 0.318 e. The molecule has 0 spiro atoms. The highest BCUT2D eigenvalue weighted by molar-refractivity contribution is 5.89. The lowest BCUT2D eigenvalue weighted by molar-refractivity contribution is 0.254. The molecule has 0 saturated heterocycles. The fourth-order valence-corrected chi connectivity index (χ4v) is 2.45. The second-order valence-electron chi connectivity index (χ2n) is 4.78. The van der Waals surface area contributed by atoms with Crippen molar-refractivity contribution >= 4 is 17.4 Å². The zero-order valence-corrected chi connectivity index (χ0v) is 11.3. The Morgan fingerprint density at radius 1 is 1.50 bits per heavy atom. The molecule has 0 radical (unpaired) electrons. The third-order valence-electron chi connectivity index (χ3n) is 3.47. The Morgan fingerprint density at radius 3 is 3.15 bits per heavy atom. The van der Waals surface area contributed by atoms with Crippen LogP contribution >= 0.6 is 0 Å². The van der Waals surface area contributed by atoms with Crippen LogP contribution < -0.4 is 15.5 Å². The van der Waals surface area contributed by atoms with Gasteiger partial charge in [0.1, 0.15) is 0 Å². The first-order chi connectivity index (χ1) is 9.76. The molecule has 3 N–H and O–H groups in total. The number of nitrogens with zero attached hydrogens (tertiary/aromatic N) is 2. The van der Waals surface area contributed by atoms with E-state index < -0.39 is 0 Å². The van der Waals surface area contributed by atoms with Crippen LogP contribution in [0, 0.1) is 0 Å². The Hall–Kier alpha value is -2.50. The second-order valence-corrected chi connectivity index (χ2v) is 4.78. The van der Waals surface area contributed by atoms with Crippen LogP contribution in [0.5, 0.6) is 0 Å². The number of fused-ring (bicyclic) bond motifs is 1. The number of hydrogen-bond acceptors (Lipinski definition) is 3. The van der Waals surface area contributed by atoms with Crippen molar-refractivity contribution in [2.24, 2.45) is 0 Å². The molecule has 6 heteroatoms. The number of benzene rings is 1. The second kappa shape index (κ2) is 5.24. The lowest BCUT2D eigenvalue weighted by Gasteiger charge is -2.18. The van der Waals surface area contributed by atoms with Crippen molar-refractivity contribution in [3.8, 4) is 0 Å². The van der Waals surface area contributed by atoms with Crippen LogP contribution in [0.4, 0.5) is 16.2 Å². The zero-order chi connectivity index (χ0) is 13.9. The van der Waals surface area contributed by atoms with Crippen molar-refractivity contribution < 1.29 is 4.79 Å². The lowest BCUT2D eigenvalue weighted by Crippen LogP contribution is -2.24. The van der Waals surface area contributed by atoms with Crippen LogP contribution in [0.25, 0.3) is 0 Å². The number of imidazole rings is 1. The molecule has 0 aliphatic carbocycles. The molecular weight excluding hydrogens is 254 g/mol. The van der Waals surface area contributed by atoms with Gasteiger partial charge in [-0.2, -0.15) is 0 Å². The molecule has 1 aliphatic rings. The molecule has 104 valence electrons. The van der Waals surface area contributed by atoms with Gasteiger partial charge in [0, 0.05) is 31.2 Å². The quantitative estimate of drug-likeness (QED) is 0.796. The minimum absolute atomic E-state index is 0.207. The van der Waals surface area contributed by atoms with E-state index in [9.17, 15) is 4.79 Å². The lowest BCUT2D eigenvalue weighted by atomic mass is 10.1. The van der Waals surface area contributed by atoms with E-state index in [0.29, 0.717) is 0 Å². The van der Waals surface area contributed by atoms with Gasteiger partial charge in [-0.15, -0.1) is 0 Å². The van der Waals surface area contributed by atoms with Crippen molar-refractivity contribution in [1.82, 2.24) is 15.3 Å². The monoisotopic (exact) mass is 271 g/mol. The van der Waals surface area contributed by atoms with Crippen molar-refractivity contribution in [2.75, 3.05) is 23.8 Å². The maximum atomic E-state index is 11.4. The predicted molar refractivity (Wildman–Crippen MR) is 77.9 cm³/mol. The highest BCUT2D eigenvalue weighted by atomic mass is 16.2. The fourth-order valence-electron chi connectivity index (χ4n) is 2.45. The molecule has 2 amide bonds. The number of nitrogens with one attached hydrogen (secondary N) is 3. The third-order valence-corrected chi connectivity index (χ3v) is 3.47. The molecule has 0 bridgehead atoms. The summed E-state index contributed by atoms with van der Waals surface area (Å²) in [6.45, 7) is 1.76. The summed E-state index contributed by atoms with van der Waals surface area (Å²) in [5.41, 5.74) is 4.30. The van der Waals surface area contributed by atoms with Gasteiger partial charge in [0.05, 0.1) is 18.6 Å². The first kappa shape index (κ1) is 12.5. The Balaban J connectivity index is 1.80. The summed E-state index contributed by atoms with van der Waals surface area (Å²) in [6.07, 6.45) is 4.63. The molecule has 0 atom stereocenters. The first-order valence-electron chi connectivity index (χ1n) is 6.60. The Bertz CT molecular complexity index is 608. The minimum atomic E-state index is -0.207. The van der Waals surface area contributed by atoms with E-state index in [1.165, 1.54) is 11.3 Å². The third kappa shape index (κ3) is 2.45. The van der Waals surface area contributed by atoms with Crippen LogP contribution in [0.3, 0.4) is 0 Å². The highest BCUT2D eigenvalue weighted by Gasteiger charge is 2.20. The zero-order valence-electron chi connectivity index (χ0n) is 11.3. The molecule has 1 aromatic carbocycles. The van der Waals surface area contributed by atoms with Crippen LogP contribution in [0.1, 0.15) is 11.3 Å². The van der Waals surface area contributed by atoms with Gasteiger partial charge >= 0.3 is 6.03 Å². The topological polar surface area (TPSA) is 73.1 Å². The highest BCUT2D eigenvalue weighted by Crippen LogP contribution is 2.31. The molecule has 2 heterocycles. The van der Waals surface area contributed by atoms with E-state index in [-0.39, 0.29) is 6.03 Å². The average Bonchev–Trinajstić information content (AvgIpc) is 3.10. The number of urea groups is 1. The Kier molecular flexibility index (Phi) is 3.28. The molecule has 6 nitrogen and oxygen atoms in total.